The molecule has 2 heterocycles. The molecule has 3 aliphatic rings. The van der Waals surface area contributed by atoms with E-state index in [4.69, 9.17) is 0 Å². The zero-order chi connectivity index (χ0) is 16.5. The first kappa shape index (κ1) is 17.0. The standard InChI is InChI=1S/C16H28N2O4S/c19-15(17-11-13-4-9-23(21,22)10-5-13)18-8-7-16(20)6-2-1-3-14(16)12-18/h13-14,20H,1-12H2,(H,17,19)/t14-,16-/m0/s1. The van der Waals surface area contributed by atoms with Crippen LogP contribution in [0.5, 0.6) is 0 Å². The summed E-state index contributed by atoms with van der Waals surface area (Å²) in [5.74, 6) is 0.952. The molecule has 0 spiro atoms. The summed E-state index contributed by atoms with van der Waals surface area (Å²) >= 11 is 0. The van der Waals surface area contributed by atoms with E-state index in [1.807, 2.05) is 4.90 Å². The Morgan fingerprint density at radius 3 is 2.65 bits per heavy atom. The summed E-state index contributed by atoms with van der Waals surface area (Å²) in [6.45, 7) is 1.80. The Bertz CT molecular complexity index is 536. The molecule has 0 bridgehead atoms. The fraction of sp³-hybridized carbons (Fsp3) is 0.938. The number of hydrogen-bond donors (Lipinski definition) is 2. The third-order valence-corrected chi connectivity index (χ3v) is 7.65. The maximum atomic E-state index is 12.4. The predicted octanol–water partition coefficient (Wildman–Crippen LogP) is 1.15. The predicted molar refractivity (Wildman–Crippen MR) is 87.9 cm³/mol. The maximum absolute atomic E-state index is 12.4. The molecule has 0 radical (unpaired) electrons. The van der Waals surface area contributed by atoms with Gasteiger partial charge in [0.2, 0.25) is 0 Å². The molecule has 23 heavy (non-hydrogen) atoms. The number of sulfone groups is 1. The minimum atomic E-state index is -2.85. The Hall–Kier alpha value is -0.820. The second-order valence-electron chi connectivity index (χ2n) is 7.52. The van der Waals surface area contributed by atoms with Crippen LogP contribution in [0.4, 0.5) is 4.79 Å². The van der Waals surface area contributed by atoms with Gasteiger partial charge in [-0.2, -0.15) is 0 Å². The first-order chi connectivity index (χ1) is 10.9. The van der Waals surface area contributed by atoms with Crippen LogP contribution in [0.1, 0.15) is 44.9 Å². The number of carbonyl (C=O) groups is 1. The van der Waals surface area contributed by atoms with E-state index in [1.165, 1.54) is 0 Å². The van der Waals surface area contributed by atoms with Gasteiger partial charge in [0.1, 0.15) is 9.84 Å². The number of hydrogen-bond acceptors (Lipinski definition) is 4. The van der Waals surface area contributed by atoms with Crippen molar-refractivity contribution in [1.29, 1.82) is 0 Å². The number of nitrogens with zero attached hydrogens (tertiary/aromatic N) is 1. The average Bonchev–Trinajstić information content (AvgIpc) is 2.52. The van der Waals surface area contributed by atoms with Crippen molar-refractivity contribution in [3.05, 3.63) is 0 Å². The van der Waals surface area contributed by atoms with E-state index in [-0.39, 0.29) is 29.4 Å². The molecule has 2 N–H and O–H groups in total. The van der Waals surface area contributed by atoms with Crippen molar-refractivity contribution in [2.75, 3.05) is 31.1 Å². The fourth-order valence-corrected chi connectivity index (χ4v) is 5.83. The van der Waals surface area contributed by atoms with Crippen molar-refractivity contribution in [3.8, 4) is 0 Å². The first-order valence-electron chi connectivity index (χ1n) is 8.84. The molecule has 0 aromatic rings. The summed E-state index contributed by atoms with van der Waals surface area (Å²) in [5, 5.41) is 13.6. The van der Waals surface area contributed by atoms with Crippen molar-refractivity contribution < 1.29 is 18.3 Å². The zero-order valence-corrected chi connectivity index (χ0v) is 14.5. The number of urea groups is 1. The minimum absolute atomic E-state index is 0.0638. The van der Waals surface area contributed by atoms with Crippen LogP contribution in [-0.2, 0) is 9.84 Å². The number of carbonyl (C=O) groups excluding carboxylic acids is 1. The maximum Gasteiger partial charge on any atom is 0.317 e. The Morgan fingerprint density at radius 1 is 1.17 bits per heavy atom. The molecule has 2 aliphatic heterocycles. The van der Waals surface area contributed by atoms with Gasteiger partial charge >= 0.3 is 6.03 Å². The lowest BCUT2D eigenvalue weighted by Gasteiger charge is -2.47. The van der Waals surface area contributed by atoms with Crippen LogP contribution in [0.25, 0.3) is 0 Å². The van der Waals surface area contributed by atoms with Crippen LogP contribution < -0.4 is 5.32 Å². The van der Waals surface area contributed by atoms with Gasteiger partial charge < -0.3 is 15.3 Å². The highest BCUT2D eigenvalue weighted by Crippen LogP contribution is 2.39. The number of amides is 2. The summed E-state index contributed by atoms with van der Waals surface area (Å²) in [6, 6.07) is -0.0638. The fourth-order valence-electron chi connectivity index (χ4n) is 4.24. The molecule has 2 atom stereocenters. The highest BCUT2D eigenvalue weighted by molar-refractivity contribution is 7.91. The van der Waals surface area contributed by atoms with E-state index >= 15 is 0 Å². The van der Waals surface area contributed by atoms with Crippen molar-refractivity contribution in [3.63, 3.8) is 0 Å². The van der Waals surface area contributed by atoms with Crippen LogP contribution in [0.2, 0.25) is 0 Å². The van der Waals surface area contributed by atoms with Crippen LogP contribution in [0.3, 0.4) is 0 Å². The Morgan fingerprint density at radius 2 is 1.91 bits per heavy atom. The summed E-state index contributed by atoms with van der Waals surface area (Å²) in [4.78, 5) is 14.2. The number of fused-ring (bicyclic) bond motifs is 1. The monoisotopic (exact) mass is 344 g/mol. The molecule has 2 amide bonds. The smallest absolute Gasteiger partial charge is 0.317 e. The van der Waals surface area contributed by atoms with Gasteiger partial charge in [0.05, 0.1) is 17.1 Å². The largest absolute Gasteiger partial charge is 0.389 e. The van der Waals surface area contributed by atoms with Gasteiger partial charge in [-0.25, -0.2) is 13.2 Å². The Kier molecular flexibility index (Phi) is 4.88. The number of aliphatic hydroxyl groups is 1. The lowest BCUT2D eigenvalue weighted by atomic mass is 9.71. The molecule has 6 nitrogen and oxygen atoms in total. The highest BCUT2D eigenvalue weighted by atomic mass is 32.2. The van der Waals surface area contributed by atoms with Crippen molar-refractivity contribution in [1.82, 2.24) is 10.2 Å². The van der Waals surface area contributed by atoms with Crippen LogP contribution in [-0.4, -0.2) is 61.2 Å². The Labute approximate surface area is 138 Å². The number of nitrogens with one attached hydrogen (secondary N) is 1. The van der Waals surface area contributed by atoms with Gasteiger partial charge in [0.15, 0.2) is 0 Å². The lowest BCUT2D eigenvalue weighted by Crippen LogP contribution is -2.56. The SMILES string of the molecule is O=C(NCC1CCS(=O)(=O)CC1)N1CC[C@@]2(O)CCCC[C@H]2C1. The zero-order valence-electron chi connectivity index (χ0n) is 13.7. The normalized spacial score (nSPS) is 34.7. The minimum Gasteiger partial charge on any atom is -0.389 e. The molecule has 7 heteroatoms. The molecule has 1 saturated carbocycles. The third-order valence-electron chi connectivity index (χ3n) is 5.93. The number of piperidine rings is 1. The van der Waals surface area contributed by atoms with Crippen molar-refractivity contribution in [2.24, 2.45) is 11.8 Å². The average molecular weight is 344 g/mol. The molecule has 0 aromatic carbocycles. The quantitative estimate of drug-likeness (QED) is 0.787. The summed E-state index contributed by atoms with van der Waals surface area (Å²) in [6.07, 6.45) is 6.05. The second kappa shape index (κ2) is 6.59. The summed E-state index contributed by atoms with van der Waals surface area (Å²) in [7, 11) is -2.85. The van der Waals surface area contributed by atoms with E-state index in [0.29, 0.717) is 38.9 Å². The molecule has 3 fully saturated rings. The highest BCUT2D eigenvalue weighted by Gasteiger charge is 2.43. The molecule has 0 aromatic heterocycles. The van der Waals surface area contributed by atoms with Crippen molar-refractivity contribution in [2.45, 2.75) is 50.5 Å². The molecule has 0 unspecified atom stereocenters. The molecular weight excluding hydrogens is 316 g/mol. The molecule has 132 valence electrons. The topological polar surface area (TPSA) is 86.7 Å². The van der Waals surface area contributed by atoms with E-state index in [0.717, 1.165) is 25.7 Å². The van der Waals surface area contributed by atoms with E-state index in [1.54, 1.807) is 0 Å². The van der Waals surface area contributed by atoms with Crippen LogP contribution >= 0.6 is 0 Å². The van der Waals surface area contributed by atoms with E-state index in [2.05, 4.69) is 5.32 Å². The van der Waals surface area contributed by atoms with Gasteiger partial charge in [-0.3, -0.25) is 0 Å². The number of rotatable bonds is 2. The van der Waals surface area contributed by atoms with Crippen molar-refractivity contribution >= 4 is 15.9 Å². The Balaban J connectivity index is 1.46. The summed E-state index contributed by atoms with van der Waals surface area (Å²) in [5.41, 5.74) is -0.563. The molecule has 1 aliphatic carbocycles. The van der Waals surface area contributed by atoms with E-state index < -0.39 is 15.4 Å². The van der Waals surface area contributed by atoms with Crippen LogP contribution in [0, 0.1) is 11.8 Å². The number of likely N-dealkylation sites (tertiary alicyclic amines) is 1. The van der Waals surface area contributed by atoms with Gasteiger partial charge in [-0.05, 0) is 38.0 Å². The molecule has 3 rings (SSSR count). The van der Waals surface area contributed by atoms with E-state index in [9.17, 15) is 18.3 Å². The van der Waals surface area contributed by atoms with Gasteiger partial charge in [-0.15, -0.1) is 0 Å². The van der Waals surface area contributed by atoms with Gasteiger partial charge in [0, 0.05) is 25.6 Å². The third kappa shape index (κ3) is 3.99. The van der Waals surface area contributed by atoms with Gasteiger partial charge in [0.25, 0.3) is 0 Å². The summed E-state index contributed by atoms with van der Waals surface area (Å²) < 4.78 is 22.9. The molecule has 2 saturated heterocycles. The second-order valence-corrected chi connectivity index (χ2v) is 9.83. The first-order valence-corrected chi connectivity index (χ1v) is 10.7. The van der Waals surface area contributed by atoms with Gasteiger partial charge in [-0.1, -0.05) is 12.8 Å². The lowest BCUT2D eigenvalue weighted by molar-refractivity contribution is -0.0870. The molecular formula is C16H28N2O4S. The van der Waals surface area contributed by atoms with Crippen LogP contribution in [0.15, 0.2) is 0 Å².